The van der Waals surface area contributed by atoms with Gasteiger partial charge < -0.3 is 5.32 Å². The van der Waals surface area contributed by atoms with Crippen molar-refractivity contribution in [2.75, 3.05) is 18.6 Å². The van der Waals surface area contributed by atoms with Crippen molar-refractivity contribution in [1.29, 1.82) is 0 Å². The summed E-state index contributed by atoms with van der Waals surface area (Å²) in [5, 5.41) is 2.95. The molecule has 0 heterocycles. The van der Waals surface area contributed by atoms with Crippen LogP contribution in [0.5, 0.6) is 0 Å². The first-order valence-corrected chi connectivity index (χ1v) is 8.24. The Morgan fingerprint density at radius 3 is 2.76 bits per heavy atom. The van der Waals surface area contributed by atoms with Gasteiger partial charge in [0.1, 0.15) is 0 Å². The number of nitrogens with one attached hydrogen (secondary N) is 1. The number of amides is 1. The Kier molecular flexibility index (Phi) is 6.59. The van der Waals surface area contributed by atoms with Crippen LogP contribution < -0.4 is 5.32 Å². The van der Waals surface area contributed by atoms with Crippen molar-refractivity contribution >= 4 is 49.5 Å². The van der Waals surface area contributed by atoms with Gasteiger partial charge in [0.05, 0.1) is 5.56 Å². The van der Waals surface area contributed by atoms with Gasteiger partial charge in [-0.05, 0) is 52.1 Å². The van der Waals surface area contributed by atoms with E-state index in [1.807, 2.05) is 18.2 Å². The molecular weight excluding hydrogens is 366 g/mol. The minimum absolute atomic E-state index is 0.0303. The van der Waals surface area contributed by atoms with Crippen molar-refractivity contribution in [2.45, 2.75) is 6.92 Å². The molecule has 1 aromatic rings. The molecule has 1 rings (SSSR count). The fraction of sp³-hybridized carbons (Fsp3) is 0.417. The predicted molar refractivity (Wildman–Crippen MR) is 81.7 cm³/mol. The molecule has 0 aliphatic heterocycles. The summed E-state index contributed by atoms with van der Waals surface area (Å²) in [6.45, 7) is 2.84. The molecule has 0 aliphatic carbocycles. The molecule has 2 nitrogen and oxygen atoms in total. The molecule has 0 fully saturated rings. The normalized spacial score (nSPS) is 12.2. The lowest BCUT2D eigenvalue weighted by Gasteiger charge is -2.12. The van der Waals surface area contributed by atoms with E-state index in [0.29, 0.717) is 18.0 Å². The molecule has 94 valence electrons. The molecule has 0 saturated carbocycles. The van der Waals surface area contributed by atoms with Gasteiger partial charge in [-0.1, -0.05) is 22.9 Å². The number of rotatable bonds is 5. The number of halogens is 2. The van der Waals surface area contributed by atoms with Gasteiger partial charge in [-0.2, -0.15) is 11.8 Å². The highest BCUT2D eigenvalue weighted by molar-refractivity contribution is 9.11. The lowest BCUT2D eigenvalue weighted by molar-refractivity contribution is 0.0948. The van der Waals surface area contributed by atoms with Crippen LogP contribution >= 0.6 is 43.6 Å². The summed E-state index contributed by atoms with van der Waals surface area (Å²) in [5.74, 6) is 1.52. The highest BCUT2D eigenvalue weighted by Crippen LogP contribution is 2.21. The lowest BCUT2D eigenvalue weighted by Crippen LogP contribution is -2.29. The number of thioether (sulfide) groups is 1. The molecule has 0 radical (unpaired) electrons. The topological polar surface area (TPSA) is 29.1 Å². The molecule has 0 spiro atoms. The summed E-state index contributed by atoms with van der Waals surface area (Å²) in [5.41, 5.74) is 0.671. The number of hydrogen-bond donors (Lipinski definition) is 1. The van der Waals surface area contributed by atoms with Crippen molar-refractivity contribution in [3.63, 3.8) is 0 Å². The molecule has 1 aromatic carbocycles. The molecule has 0 aliphatic rings. The van der Waals surface area contributed by atoms with Crippen molar-refractivity contribution in [1.82, 2.24) is 5.32 Å². The molecule has 0 saturated heterocycles. The van der Waals surface area contributed by atoms with Gasteiger partial charge in [-0.3, -0.25) is 4.79 Å². The van der Waals surface area contributed by atoms with E-state index in [1.165, 1.54) is 0 Å². The van der Waals surface area contributed by atoms with Gasteiger partial charge in [-0.15, -0.1) is 0 Å². The molecule has 0 aromatic heterocycles. The summed E-state index contributed by atoms with van der Waals surface area (Å²) in [6, 6.07) is 5.55. The molecule has 5 heteroatoms. The highest BCUT2D eigenvalue weighted by Gasteiger charge is 2.11. The van der Waals surface area contributed by atoms with Gasteiger partial charge in [0.25, 0.3) is 5.91 Å². The molecule has 0 bridgehead atoms. The Labute approximate surface area is 123 Å². The summed E-state index contributed by atoms with van der Waals surface area (Å²) in [6.07, 6.45) is 2.07. The quantitative estimate of drug-likeness (QED) is 0.838. The van der Waals surface area contributed by atoms with Crippen LogP contribution in [0.1, 0.15) is 17.3 Å². The van der Waals surface area contributed by atoms with Crippen LogP contribution in [-0.4, -0.2) is 24.5 Å². The van der Waals surface area contributed by atoms with E-state index in [-0.39, 0.29) is 5.91 Å². The van der Waals surface area contributed by atoms with Crippen molar-refractivity contribution < 1.29 is 4.79 Å². The lowest BCUT2D eigenvalue weighted by atomic mass is 10.2. The van der Waals surface area contributed by atoms with Gasteiger partial charge in [0.15, 0.2) is 0 Å². The Bertz CT molecular complexity index is 398. The standard InChI is InChI=1S/C12H15Br2NOS/c1-8(7-17-2)6-15-12(16)10-4-3-9(13)5-11(10)14/h3-5,8H,6-7H2,1-2H3,(H,15,16). The zero-order valence-electron chi connectivity index (χ0n) is 9.80. The number of carbonyl (C=O) groups is 1. The van der Waals surface area contributed by atoms with Crippen molar-refractivity contribution in [3.05, 3.63) is 32.7 Å². The first-order chi connectivity index (χ1) is 8.04. The maximum absolute atomic E-state index is 11.9. The predicted octanol–water partition coefficient (Wildman–Crippen LogP) is 3.94. The molecule has 1 atom stereocenters. The third-order valence-corrected chi connectivity index (χ3v) is 4.29. The Morgan fingerprint density at radius 1 is 1.47 bits per heavy atom. The average Bonchev–Trinajstić information content (AvgIpc) is 2.26. The van der Waals surface area contributed by atoms with Crippen LogP contribution in [0.2, 0.25) is 0 Å². The summed E-state index contributed by atoms with van der Waals surface area (Å²) in [7, 11) is 0. The Morgan fingerprint density at radius 2 is 2.18 bits per heavy atom. The summed E-state index contributed by atoms with van der Waals surface area (Å²) in [4.78, 5) is 11.9. The summed E-state index contributed by atoms with van der Waals surface area (Å²) >= 11 is 8.55. The van der Waals surface area contributed by atoms with Gasteiger partial charge in [0, 0.05) is 15.5 Å². The number of benzene rings is 1. The molecule has 17 heavy (non-hydrogen) atoms. The van der Waals surface area contributed by atoms with Gasteiger partial charge >= 0.3 is 0 Å². The van der Waals surface area contributed by atoms with Crippen LogP contribution in [0.3, 0.4) is 0 Å². The van der Waals surface area contributed by atoms with Crippen LogP contribution in [0.15, 0.2) is 27.1 Å². The maximum atomic E-state index is 11.9. The van der Waals surface area contributed by atoms with E-state index in [0.717, 1.165) is 14.7 Å². The minimum Gasteiger partial charge on any atom is -0.352 e. The third-order valence-electron chi connectivity index (χ3n) is 2.24. The first-order valence-electron chi connectivity index (χ1n) is 5.26. The smallest absolute Gasteiger partial charge is 0.252 e. The summed E-state index contributed by atoms with van der Waals surface area (Å²) < 4.78 is 1.76. The fourth-order valence-electron chi connectivity index (χ4n) is 1.38. The molecule has 1 N–H and O–H groups in total. The molecule has 1 amide bonds. The second kappa shape index (κ2) is 7.44. The SMILES string of the molecule is CSCC(C)CNC(=O)c1ccc(Br)cc1Br. The number of hydrogen-bond acceptors (Lipinski definition) is 2. The zero-order chi connectivity index (χ0) is 12.8. The molecule has 1 unspecified atom stereocenters. The van der Waals surface area contributed by atoms with Gasteiger partial charge in [0.2, 0.25) is 0 Å². The second-order valence-corrected chi connectivity index (χ2v) is 6.58. The van der Waals surface area contributed by atoms with E-state index in [9.17, 15) is 4.79 Å². The zero-order valence-corrected chi connectivity index (χ0v) is 13.8. The first kappa shape index (κ1) is 15.1. The second-order valence-electron chi connectivity index (χ2n) is 3.89. The van der Waals surface area contributed by atoms with E-state index in [4.69, 9.17) is 0 Å². The van der Waals surface area contributed by atoms with Crippen LogP contribution in [-0.2, 0) is 0 Å². The Balaban J connectivity index is 2.58. The van der Waals surface area contributed by atoms with Crippen LogP contribution in [0.4, 0.5) is 0 Å². The van der Waals surface area contributed by atoms with Gasteiger partial charge in [-0.25, -0.2) is 0 Å². The number of carbonyl (C=O) groups excluding carboxylic acids is 1. The third kappa shape index (κ3) is 5.02. The van der Waals surface area contributed by atoms with E-state index < -0.39 is 0 Å². The average molecular weight is 381 g/mol. The minimum atomic E-state index is -0.0303. The van der Waals surface area contributed by atoms with E-state index >= 15 is 0 Å². The van der Waals surface area contributed by atoms with Crippen LogP contribution in [0.25, 0.3) is 0 Å². The van der Waals surface area contributed by atoms with Crippen LogP contribution in [0, 0.1) is 5.92 Å². The Hall–Kier alpha value is -0.000000000000000111. The van der Waals surface area contributed by atoms with E-state index in [2.05, 4.69) is 50.4 Å². The molecular formula is C12H15Br2NOS. The van der Waals surface area contributed by atoms with Crippen molar-refractivity contribution in [3.8, 4) is 0 Å². The van der Waals surface area contributed by atoms with E-state index in [1.54, 1.807) is 11.8 Å². The fourth-order valence-corrected chi connectivity index (χ4v) is 3.29. The largest absolute Gasteiger partial charge is 0.352 e. The highest BCUT2D eigenvalue weighted by atomic mass is 79.9. The monoisotopic (exact) mass is 379 g/mol. The van der Waals surface area contributed by atoms with Crippen molar-refractivity contribution in [2.24, 2.45) is 5.92 Å². The maximum Gasteiger partial charge on any atom is 0.252 e.